The first-order chi connectivity index (χ1) is 14.2. The van der Waals surface area contributed by atoms with E-state index in [-0.39, 0.29) is 18.2 Å². The first-order valence-electron chi connectivity index (χ1n) is 10.0. The fourth-order valence-electron chi connectivity index (χ4n) is 3.78. The van der Waals surface area contributed by atoms with Crippen molar-refractivity contribution in [1.82, 2.24) is 4.31 Å². The van der Waals surface area contributed by atoms with Gasteiger partial charge in [-0.05, 0) is 49.4 Å². The van der Waals surface area contributed by atoms with Gasteiger partial charge in [0.1, 0.15) is 0 Å². The van der Waals surface area contributed by atoms with Crippen molar-refractivity contribution in [2.75, 3.05) is 18.4 Å². The van der Waals surface area contributed by atoms with E-state index < -0.39 is 15.9 Å². The smallest absolute Gasteiger partial charge is 0.228 e. The third-order valence-electron chi connectivity index (χ3n) is 5.52. The number of nitrogens with zero attached hydrogens (tertiary/aromatic N) is 1. The highest BCUT2D eigenvalue weighted by atomic mass is 35.5. The first kappa shape index (κ1) is 23.1. The summed E-state index contributed by atoms with van der Waals surface area (Å²) in [5, 5.41) is 3.68. The molecule has 1 heterocycles. The summed E-state index contributed by atoms with van der Waals surface area (Å²) >= 11 is 12.3. The van der Waals surface area contributed by atoms with Crippen molar-refractivity contribution < 1.29 is 13.2 Å². The minimum Gasteiger partial charge on any atom is -0.325 e. The van der Waals surface area contributed by atoms with Crippen molar-refractivity contribution in [3.05, 3.63) is 63.1 Å². The number of carbonyl (C=O) groups is 1. The summed E-state index contributed by atoms with van der Waals surface area (Å²) < 4.78 is 27.4. The molecule has 1 amide bonds. The first-order valence-corrected chi connectivity index (χ1v) is 12.4. The molecule has 0 aromatic heterocycles. The Morgan fingerprint density at radius 2 is 1.83 bits per heavy atom. The van der Waals surface area contributed by atoms with E-state index >= 15 is 0 Å². The van der Waals surface area contributed by atoms with Crippen LogP contribution in [0.4, 0.5) is 5.69 Å². The third kappa shape index (κ3) is 5.17. The maximum absolute atomic E-state index is 13.0. The van der Waals surface area contributed by atoms with Crippen LogP contribution >= 0.6 is 23.2 Å². The number of hydrogen-bond donors (Lipinski definition) is 1. The molecular weight excluding hydrogens is 443 g/mol. The molecule has 1 atom stereocenters. The van der Waals surface area contributed by atoms with E-state index in [1.165, 1.54) is 4.31 Å². The van der Waals surface area contributed by atoms with Crippen LogP contribution < -0.4 is 5.32 Å². The highest BCUT2D eigenvalue weighted by Crippen LogP contribution is 2.30. The van der Waals surface area contributed by atoms with Gasteiger partial charge in [0.2, 0.25) is 15.9 Å². The van der Waals surface area contributed by atoms with Crippen LogP contribution in [0.25, 0.3) is 0 Å². The van der Waals surface area contributed by atoms with Gasteiger partial charge >= 0.3 is 0 Å². The quantitative estimate of drug-likeness (QED) is 0.644. The lowest BCUT2D eigenvalue weighted by molar-refractivity contribution is -0.120. The van der Waals surface area contributed by atoms with E-state index in [4.69, 9.17) is 23.2 Å². The molecule has 8 heteroatoms. The Bertz CT molecular complexity index is 1020. The lowest BCUT2D eigenvalue weighted by atomic mass is 9.98. The molecule has 1 aliphatic rings. The minimum absolute atomic E-state index is 0.144. The molecule has 0 bridgehead atoms. The van der Waals surface area contributed by atoms with E-state index in [0.717, 1.165) is 23.2 Å². The predicted molar refractivity (Wildman–Crippen MR) is 123 cm³/mol. The number of amides is 1. The molecule has 2 aromatic carbocycles. The van der Waals surface area contributed by atoms with Gasteiger partial charge in [0.15, 0.2) is 0 Å². The summed E-state index contributed by atoms with van der Waals surface area (Å²) in [6, 6.07) is 10.8. The van der Waals surface area contributed by atoms with E-state index in [1.54, 1.807) is 18.2 Å². The summed E-state index contributed by atoms with van der Waals surface area (Å²) in [7, 11) is -3.66. The second-order valence-corrected chi connectivity index (χ2v) is 10.4. The van der Waals surface area contributed by atoms with E-state index in [2.05, 4.69) is 5.32 Å². The van der Waals surface area contributed by atoms with Gasteiger partial charge in [-0.3, -0.25) is 4.79 Å². The van der Waals surface area contributed by atoms with Crippen LogP contribution in [0.3, 0.4) is 0 Å². The van der Waals surface area contributed by atoms with E-state index in [9.17, 15) is 13.2 Å². The molecule has 0 radical (unpaired) electrons. The number of hydrogen-bond acceptors (Lipinski definition) is 3. The summed E-state index contributed by atoms with van der Waals surface area (Å²) in [4.78, 5) is 13.0. The SMILES string of the molecule is CCc1cccc(C)c1NC(=O)C1CCCN(S(=O)(=O)Cc2c(Cl)cccc2Cl)C1. The third-order valence-corrected chi connectivity index (χ3v) is 8.01. The van der Waals surface area contributed by atoms with Crippen LogP contribution in [-0.2, 0) is 27.0 Å². The Morgan fingerprint density at radius 1 is 1.17 bits per heavy atom. The number of para-hydroxylation sites is 1. The molecule has 0 saturated carbocycles. The second kappa shape index (κ2) is 9.69. The maximum Gasteiger partial charge on any atom is 0.228 e. The highest BCUT2D eigenvalue weighted by molar-refractivity contribution is 7.88. The van der Waals surface area contributed by atoms with Crippen molar-refractivity contribution in [2.24, 2.45) is 5.92 Å². The fraction of sp³-hybridized carbons (Fsp3) is 0.409. The largest absolute Gasteiger partial charge is 0.325 e. The zero-order valence-electron chi connectivity index (χ0n) is 17.1. The van der Waals surface area contributed by atoms with E-state index in [1.807, 2.05) is 32.0 Å². The van der Waals surface area contributed by atoms with Gasteiger partial charge in [0, 0.05) is 34.4 Å². The Labute approximate surface area is 188 Å². The van der Waals surface area contributed by atoms with Crippen molar-refractivity contribution in [2.45, 2.75) is 38.9 Å². The number of nitrogens with one attached hydrogen (secondary N) is 1. The molecule has 1 unspecified atom stereocenters. The number of piperidine rings is 1. The molecule has 1 fully saturated rings. The number of carbonyl (C=O) groups excluding carboxylic acids is 1. The summed E-state index contributed by atoms with van der Waals surface area (Å²) in [5.74, 6) is -0.827. The van der Waals surface area contributed by atoms with Gasteiger partial charge in [-0.2, -0.15) is 0 Å². The monoisotopic (exact) mass is 468 g/mol. The molecule has 3 rings (SSSR count). The van der Waals surface area contributed by atoms with Crippen molar-refractivity contribution in [3.8, 4) is 0 Å². The number of aryl methyl sites for hydroxylation is 2. The van der Waals surface area contributed by atoms with Crippen LogP contribution in [0.5, 0.6) is 0 Å². The number of benzene rings is 2. The normalized spacial score (nSPS) is 17.7. The molecule has 0 spiro atoms. The van der Waals surface area contributed by atoms with Crippen LogP contribution in [0.1, 0.15) is 36.5 Å². The van der Waals surface area contributed by atoms with Crippen molar-refractivity contribution in [1.29, 1.82) is 0 Å². The van der Waals surface area contributed by atoms with Gasteiger partial charge in [-0.25, -0.2) is 12.7 Å². The lowest BCUT2D eigenvalue weighted by Crippen LogP contribution is -2.44. The second-order valence-electron chi connectivity index (χ2n) is 7.61. The topological polar surface area (TPSA) is 66.5 Å². The predicted octanol–water partition coefficient (Wildman–Crippen LogP) is 5.04. The van der Waals surface area contributed by atoms with Crippen LogP contribution in [-0.4, -0.2) is 31.7 Å². The molecule has 162 valence electrons. The van der Waals surface area contributed by atoms with Crippen molar-refractivity contribution >= 4 is 44.8 Å². The Hall–Kier alpha value is -1.60. The summed E-state index contributed by atoms with van der Waals surface area (Å²) in [6.45, 7) is 4.54. The van der Waals surface area contributed by atoms with Gasteiger partial charge < -0.3 is 5.32 Å². The van der Waals surface area contributed by atoms with Gasteiger partial charge in [-0.15, -0.1) is 0 Å². The number of rotatable bonds is 6. The zero-order valence-corrected chi connectivity index (χ0v) is 19.4. The molecule has 1 saturated heterocycles. The Balaban J connectivity index is 1.74. The molecular formula is C22H26Cl2N2O3S. The number of anilines is 1. The zero-order chi connectivity index (χ0) is 21.9. The van der Waals surface area contributed by atoms with Gasteiger partial charge in [-0.1, -0.05) is 54.4 Å². The Kier molecular flexibility index (Phi) is 7.45. The van der Waals surface area contributed by atoms with Crippen LogP contribution in [0.15, 0.2) is 36.4 Å². The van der Waals surface area contributed by atoms with Crippen LogP contribution in [0.2, 0.25) is 10.0 Å². The fourth-order valence-corrected chi connectivity index (χ4v) is 6.14. The number of sulfonamides is 1. The summed E-state index contributed by atoms with van der Waals surface area (Å²) in [5.41, 5.74) is 3.28. The minimum atomic E-state index is -3.66. The molecule has 0 aliphatic carbocycles. The summed E-state index contributed by atoms with van der Waals surface area (Å²) in [6.07, 6.45) is 2.08. The Morgan fingerprint density at radius 3 is 2.50 bits per heavy atom. The molecule has 5 nitrogen and oxygen atoms in total. The average molecular weight is 469 g/mol. The molecule has 2 aromatic rings. The van der Waals surface area contributed by atoms with E-state index in [0.29, 0.717) is 35.0 Å². The molecule has 30 heavy (non-hydrogen) atoms. The highest BCUT2D eigenvalue weighted by Gasteiger charge is 2.33. The average Bonchev–Trinajstić information content (AvgIpc) is 2.72. The molecule has 1 N–H and O–H groups in total. The van der Waals surface area contributed by atoms with Crippen LogP contribution in [0, 0.1) is 12.8 Å². The number of halogens is 2. The van der Waals surface area contributed by atoms with Crippen molar-refractivity contribution in [3.63, 3.8) is 0 Å². The maximum atomic E-state index is 13.0. The standard InChI is InChI=1S/C22H26Cl2N2O3S/c1-3-16-8-4-7-15(2)21(16)25-22(27)17-9-6-12-26(13-17)30(28,29)14-18-19(23)10-5-11-20(18)24/h4-5,7-8,10-11,17H,3,6,9,12-14H2,1-2H3,(H,25,27). The lowest BCUT2D eigenvalue weighted by Gasteiger charge is -2.31. The van der Waals surface area contributed by atoms with Gasteiger partial charge in [0.05, 0.1) is 11.7 Å². The molecule has 1 aliphatic heterocycles. The van der Waals surface area contributed by atoms with Gasteiger partial charge in [0.25, 0.3) is 0 Å².